The van der Waals surface area contributed by atoms with Crippen LogP contribution in [0.3, 0.4) is 0 Å². The maximum absolute atomic E-state index is 11.1. The van der Waals surface area contributed by atoms with Gasteiger partial charge in [-0.2, -0.15) is 11.8 Å². The third kappa shape index (κ3) is 6.01. The van der Waals surface area contributed by atoms with Gasteiger partial charge in [-0.25, -0.2) is 4.79 Å². The lowest BCUT2D eigenvalue weighted by Gasteiger charge is -2.10. The first-order valence-electron chi connectivity index (χ1n) is 6.72. The van der Waals surface area contributed by atoms with E-state index in [-0.39, 0.29) is 0 Å². The molecule has 0 amide bonds. The van der Waals surface area contributed by atoms with Crippen LogP contribution in [0.15, 0.2) is 18.2 Å². The second kappa shape index (κ2) is 8.86. The molecule has 19 heavy (non-hydrogen) atoms. The van der Waals surface area contributed by atoms with Crippen LogP contribution in [0.2, 0.25) is 0 Å². The first-order valence-corrected chi connectivity index (χ1v) is 8.11. The molecule has 4 heteroatoms. The van der Waals surface area contributed by atoms with E-state index in [1.165, 1.54) is 25.0 Å². The van der Waals surface area contributed by atoms with Crippen molar-refractivity contribution in [2.75, 3.05) is 23.9 Å². The zero-order chi connectivity index (χ0) is 14.1. The number of aryl methyl sites for hydroxylation is 1. The van der Waals surface area contributed by atoms with Gasteiger partial charge in [0.15, 0.2) is 0 Å². The van der Waals surface area contributed by atoms with E-state index in [0.717, 1.165) is 24.2 Å². The molecule has 0 saturated heterocycles. The van der Waals surface area contributed by atoms with Crippen LogP contribution in [0.5, 0.6) is 0 Å². The predicted molar refractivity (Wildman–Crippen MR) is 83.5 cm³/mol. The van der Waals surface area contributed by atoms with Crippen LogP contribution in [0.4, 0.5) is 5.69 Å². The summed E-state index contributed by atoms with van der Waals surface area (Å²) >= 11 is 1.89. The monoisotopic (exact) mass is 281 g/mol. The van der Waals surface area contributed by atoms with Gasteiger partial charge in [0.1, 0.15) is 0 Å². The van der Waals surface area contributed by atoms with Gasteiger partial charge in [0.05, 0.1) is 5.56 Å². The van der Waals surface area contributed by atoms with Crippen LogP contribution in [-0.2, 0) is 0 Å². The molecule has 0 aliphatic rings. The lowest BCUT2D eigenvalue weighted by atomic mass is 10.1. The van der Waals surface area contributed by atoms with E-state index in [1.807, 2.05) is 30.8 Å². The van der Waals surface area contributed by atoms with Crippen LogP contribution >= 0.6 is 11.8 Å². The average molecular weight is 281 g/mol. The highest BCUT2D eigenvalue weighted by Gasteiger charge is 2.09. The summed E-state index contributed by atoms with van der Waals surface area (Å²) in [5, 5.41) is 12.4. The smallest absolute Gasteiger partial charge is 0.337 e. The molecule has 0 atom stereocenters. The van der Waals surface area contributed by atoms with Crippen molar-refractivity contribution in [3.63, 3.8) is 0 Å². The summed E-state index contributed by atoms with van der Waals surface area (Å²) in [6.07, 6.45) is 6.93. The summed E-state index contributed by atoms with van der Waals surface area (Å²) < 4.78 is 0. The number of carboxylic acids is 1. The Hall–Kier alpha value is -1.16. The maximum atomic E-state index is 11.1. The lowest BCUT2D eigenvalue weighted by molar-refractivity contribution is 0.0698. The second-order valence-corrected chi connectivity index (χ2v) is 5.67. The summed E-state index contributed by atoms with van der Waals surface area (Å²) in [5.41, 5.74) is 2.06. The topological polar surface area (TPSA) is 49.3 Å². The molecule has 2 N–H and O–H groups in total. The van der Waals surface area contributed by atoms with E-state index < -0.39 is 5.97 Å². The summed E-state index contributed by atoms with van der Waals surface area (Å²) in [6, 6.07) is 5.50. The Kier molecular flexibility index (Phi) is 7.41. The first-order chi connectivity index (χ1) is 9.15. The van der Waals surface area contributed by atoms with E-state index in [1.54, 1.807) is 6.07 Å². The van der Waals surface area contributed by atoms with Gasteiger partial charge in [-0.15, -0.1) is 0 Å². The largest absolute Gasteiger partial charge is 0.478 e. The number of aromatic carboxylic acids is 1. The van der Waals surface area contributed by atoms with Crippen LogP contribution in [0.1, 0.15) is 41.6 Å². The first kappa shape index (κ1) is 15.9. The van der Waals surface area contributed by atoms with Crippen molar-refractivity contribution in [3.05, 3.63) is 29.3 Å². The third-order valence-corrected chi connectivity index (χ3v) is 3.69. The van der Waals surface area contributed by atoms with Crippen LogP contribution in [0, 0.1) is 6.92 Å². The number of benzene rings is 1. The van der Waals surface area contributed by atoms with Gasteiger partial charge in [-0.05, 0) is 43.9 Å². The fourth-order valence-electron chi connectivity index (χ4n) is 1.94. The standard InChI is InChI=1S/C15H23NO2S/c1-12-7-8-14(13(11-12)15(17)18)16-9-5-3-4-6-10-19-2/h7-8,11,16H,3-6,9-10H2,1-2H3,(H,17,18). The molecule has 0 aliphatic carbocycles. The molecule has 0 spiro atoms. The van der Waals surface area contributed by atoms with Gasteiger partial charge < -0.3 is 10.4 Å². The molecule has 1 rings (SSSR count). The summed E-state index contributed by atoms with van der Waals surface area (Å²) in [6.45, 7) is 2.74. The van der Waals surface area contributed by atoms with Crippen LogP contribution in [-0.4, -0.2) is 29.6 Å². The van der Waals surface area contributed by atoms with Crippen LogP contribution < -0.4 is 5.32 Å². The number of anilines is 1. The number of carboxylic acid groups (broad SMARTS) is 1. The predicted octanol–water partition coefficient (Wildman–Crippen LogP) is 4.03. The van der Waals surface area contributed by atoms with E-state index >= 15 is 0 Å². The molecule has 3 nitrogen and oxygen atoms in total. The number of nitrogens with one attached hydrogen (secondary N) is 1. The molecule has 0 aliphatic heterocycles. The second-order valence-electron chi connectivity index (χ2n) is 4.69. The van der Waals surface area contributed by atoms with E-state index in [4.69, 9.17) is 5.11 Å². The third-order valence-electron chi connectivity index (χ3n) is 3.00. The van der Waals surface area contributed by atoms with Gasteiger partial charge in [0.2, 0.25) is 0 Å². The minimum atomic E-state index is -0.869. The molecular formula is C15H23NO2S. The van der Waals surface area contributed by atoms with Crippen molar-refractivity contribution in [2.24, 2.45) is 0 Å². The van der Waals surface area contributed by atoms with E-state index in [0.29, 0.717) is 5.56 Å². The Morgan fingerprint density at radius 1 is 1.26 bits per heavy atom. The molecular weight excluding hydrogens is 258 g/mol. The Bertz CT molecular complexity index is 407. The Morgan fingerprint density at radius 2 is 2.00 bits per heavy atom. The Morgan fingerprint density at radius 3 is 2.68 bits per heavy atom. The molecule has 1 aromatic rings. The Balaban J connectivity index is 2.35. The fraction of sp³-hybridized carbons (Fsp3) is 0.533. The van der Waals surface area contributed by atoms with Gasteiger partial charge in [-0.1, -0.05) is 24.5 Å². The molecule has 0 aromatic heterocycles. The van der Waals surface area contributed by atoms with E-state index in [9.17, 15) is 4.79 Å². The highest BCUT2D eigenvalue weighted by Crippen LogP contribution is 2.17. The lowest BCUT2D eigenvalue weighted by Crippen LogP contribution is -2.08. The number of hydrogen-bond acceptors (Lipinski definition) is 3. The van der Waals surface area contributed by atoms with Crippen molar-refractivity contribution in [1.29, 1.82) is 0 Å². The number of rotatable bonds is 9. The highest BCUT2D eigenvalue weighted by atomic mass is 32.2. The quantitative estimate of drug-likeness (QED) is 0.671. The molecule has 0 fully saturated rings. The summed E-state index contributed by atoms with van der Waals surface area (Å²) in [5.74, 6) is 0.361. The van der Waals surface area contributed by atoms with Crippen molar-refractivity contribution >= 4 is 23.4 Å². The van der Waals surface area contributed by atoms with Gasteiger partial charge in [-0.3, -0.25) is 0 Å². The number of carbonyl (C=O) groups is 1. The molecule has 0 radical (unpaired) electrons. The number of unbranched alkanes of at least 4 members (excludes halogenated alkanes) is 3. The van der Waals surface area contributed by atoms with Crippen molar-refractivity contribution in [2.45, 2.75) is 32.6 Å². The number of thioether (sulfide) groups is 1. The van der Waals surface area contributed by atoms with Crippen molar-refractivity contribution < 1.29 is 9.90 Å². The molecule has 0 saturated carbocycles. The van der Waals surface area contributed by atoms with Gasteiger partial charge in [0.25, 0.3) is 0 Å². The molecule has 1 aromatic carbocycles. The van der Waals surface area contributed by atoms with E-state index in [2.05, 4.69) is 11.6 Å². The molecule has 0 unspecified atom stereocenters. The minimum absolute atomic E-state index is 0.363. The summed E-state index contributed by atoms with van der Waals surface area (Å²) in [4.78, 5) is 11.1. The molecule has 0 bridgehead atoms. The molecule has 106 valence electrons. The van der Waals surface area contributed by atoms with Gasteiger partial charge >= 0.3 is 5.97 Å². The summed E-state index contributed by atoms with van der Waals surface area (Å²) in [7, 11) is 0. The van der Waals surface area contributed by atoms with Crippen molar-refractivity contribution in [1.82, 2.24) is 0 Å². The zero-order valence-electron chi connectivity index (χ0n) is 11.7. The molecule has 0 heterocycles. The highest BCUT2D eigenvalue weighted by molar-refractivity contribution is 7.98. The zero-order valence-corrected chi connectivity index (χ0v) is 12.6. The van der Waals surface area contributed by atoms with Gasteiger partial charge in [0, 0.05) is 12.2 Å². The maximum Gasteiger partial charge on any atom is 0.337 e. The normalized spacial score (nSPS) is 10.4. The SMILES string of the molecule is CSCCCCCCNc1ccc(C)cc1C(=O)O. The van der Waals surface area contributed by atoms with Crippen LogP contribution in [0.25, 0.3) is 0 Å². The Labute approximate surface area is 119 Å². The average Bonchev–Trinajstić information content (AvgIpc) is 2.39. The number of hydrogen-bond donors (Lipinski definition) is 2. The van der Waals surface area contributed by atoms with Crippen molar-refractivity contribution in [3.8, 4) is 0 Å². The fourth-order valence-corrected chi connectivity index (χ4v) is 2.43. The minimum Gasteiger partial charge on any atom is -0.478 e.